The van der Waals surface area contributed by atoms with Gasteiger partial charge in [0.25, 0.3) is 0 Å². The minimum Gasteiger partial charge on any atom is -0.463 e. The molecule has 4 rings (SSSR count). The molecular weight excluding hydrogens is 324 g/mol. The van der Waals surface area contributed by atoms with Gasteiger partial charge in [0.1, 0.15) is 6.10 Å². The highest BCUT2D eigenvalue weighted by molar-refractivity contribution is 5.95. The van der Waals surface area contributed by atoms with Gasteiger partial charge in [0.05, 0.1) is 0 Å². The second kappa shape index (κ2) is 6.07. The van der Waals surface area contributed by atoms with Gasteiger partial charge in [-0.3, -0.25) is 9.59 Å². The van der Waals surface area contributed by atoms with Crippen LogP contribution in [0.2, 0.25) is 0 Å². The first-order valence-corrected chi connectivity index (χ1v) is 10.3. The van der Waals surface area contributed by atoms with E-state index in [-0.39, 0.29) is 28.7 Å². The summed E-state index contributed by atoms with van der Waals surface area (Å²) in [5.41, 5.74) is 3.03. The van der Waals surface area contributed by atoms with Crippen LogP contribution in [0, 0.1) is 28.6 Å². The van der Waals surface area contributed by atoms with Crippen molar-refractivity contribution in [2.75, 3.05) is 0 Å². The maximum atomic E-state index is 12.2. The van der Waals surface area contributed by atoms with Gasteiger partial charge in [0, 0.05) is 12.3 Å². The van der Waals surface area contributed by atoms with Gasteiger partial charge < -0.3 is 4.74 Å². The normalized spacial score (nSPS) is 44.2. The van der Waals surface area contributed by atoms with E-state index in [9.17, 15) is 9.59 Å². The average Bonchev–Trinajstić information content (AvgIpc) is 2.92. The first kappa shape index (κ1) is 18.0. The van der Waals surface area contributed by atoms with Gasteiger partial charge in [0.15, 0.2) is 5.78 Å². The van der Waals surface area contributed by atoms with Crippen molar-refractivity contribution in [3.8, 4) is 0 Å². The molecule has 2 saturated carbocycles. The minimum absolute atomic E-state index is 0.0398. The first-order chi connectivity index (χ1) is 12.3. The fraction of sp³-hybridized carbons (Fsp3) is 0.739. The van der Waals surface area contributed by atoms with E-state index < -0.39 is 0 Å². The summed E-state index contributed by atoms with van der Waals surface area (Å²) in [7, 11) is 0. The van der Waals surface area contributed by atoms with Gasteiger partial charge in [-0.1, -0.05) is 31.6 Å². The number of carbonyl (C=O) groups is 2. The smallest absolute Gasteiger partial charge is 0.302 e. The third-order valence-corrected chi connectivity index (χ3v) is 8.27. The zero-order chi connectivity index (χ0) is 18.7. The van der Waals surface area contributed by atoms with Crippen LogP contribution >= 0.6 is 0 Å². The molecule has 26 heavy (non-hydrogen) atoms. The fourth-order valence-electron chi connectivity index (χ4n) is 6.96. The molecule has 0 bridgehead atoms. The van der Waals surface area contributed by atoms with E-state index in [1.54, 1.807) is 12.5 Å². The molecule has 0 aromatic rings. The number of allylic oxidation sites excluding steroid dienone is 4. The van der Waals surface area contributed by atoms with E-state index in [0.29, 0.717) is 17.8 Å². The highest BCUT2D eigenvalue weighted by atomic mass is 16.5. The number of ketones is 1. The van der Waals surface area contributed by atoms with Crippen molar-refractivity contribution < 1.29 is 14.3 Å². The predicted octanol–water partition coefficient (Wildman–Crippen LogP) is 5.01. The topological polar surface area (TPSA) is 43.4 Å². The second-order valence-corrected chi connectivity index (χ2v) is 9.60. The van der Waals surface area contributed by atoms with Crippen LogP contribution in [0.4, 0.5) is 0 Å². The molecule has 0 amide bonds. The SMILES string of the molecule is CC(=O)OC1CCC2(C)C3=CCC4(C)C(C(C)=O)=CCC4C3CC[C@H]2C1. The number of ether oxygens (including phenoxy) is 1. The molecule has 0 saturated heterocycles. The highest BCUT2D eigenvalue weighted by Crippen LogP contribution is 2.64. The molecule has 5 unspecified atom stereocenters. The zero-order valence-electron chi connectivity index (χ0n) is 16.6. The lowest BCUT2D eigenvalue weighted by atomic mass is 9.48. The molecule has 0 aromatic heterocycles. The first-order valence-electron chi connectivity index (χ1n) is 10.3. The Kier molecular flexibility index (Phi) is 4.20. The average molecular weight is 357 g/mol. The van der Waals surface area contributed by atoms with Gasteiger partial charge in [0.2, 0.25) is 0 Å². The quantitative estimate of drug-likeness (QED) is 0.516. The van der Waals surface area contributed by atoms with E-state index in [0.717, 1.165) is 37.7 Å². The lowest BCUT2D eigenvalue weighted by molar-refractivity contribution is -0.151. The fourth-order valence-corrected chi connectivity index (χ4v) is 6.96. The number of hydrogen-bond donors (Lipinski definition) is 0. The van der Waals surface area contributed by atoms with Gasteiger partial charge in [-0.25, -0.2) is 0 Å². The Morgan fingerprint density at radius 2 is 1.85 bits per heavy atom. The van der Waals surface area contributed by atoms with Crippen LogP contribution in [0.15, 0.2) is 23.3 Å². The number of Topliss-reactive ketones (excluding diaryl/α,β-unsaturated/α-hetero) is 1. The Labute approximate surface area is 157 Å². The molecule has 0 radical (unpaired) electrons. The number of carbonyl (C=O) groups excluding carboxylic acids is 2. The second-order valence-electron chi connectivity index (χ2n) is 9.60. The number of fused-ring (bicyclic) bond motifs is 5. The van der Waals surface area contributed by atoms with Crippen molar-refractivity contribution >= 4 is 11.8 Å². The van der Waals surface area contributed by atoms with Crippen molar-refractivity contribution in [1.82, 2.24) is 0 Å². The van der Waals surface area contributed by atoms with Gasteiger partial charge in [-0.05, 0) is 80.6 Å². The summed E-state index contributed by atoms with van der Waals surface area (Å²) in [5.74, 6) is 1.94. The minimum atomic E-state index is -0.145. The Morgan fingerprint density at radius 3 is 2.54 bits per heavy atom. The molecule has 6 atom stereocenters. The standard InChI is InChI=1S/C23H32O3/c1-14(24)19-7-8-20-18-6-5-16-13-17(26-15(2)25)9-11-22(16,3)21(18)10-12-23(19,20)4/h7,10,16-18,20H,5-6,8-9,11-13H2,1-4H3/t16-,17?,18?,20?,22?,23?/m0/s1. The predicted molar refractivity (Wildman–Crippen MR) is 101 cm³/mol. The monoisotopic (exact) mass is 356 g/mol. The number of esters is 1. The molecule has 0 aromatic carbocycles. The molecule has 4 aliphatic rings. The summed E-state index contributed by atoms with van der Waals surface area (Å²) in [6.45, 7) is 8.02. The Balaban J connectivity index is 1.60. The van der Waals surface area contributed by atoms with E-state index in [4.69, 9.17) is 4.74 Å². The maximum Gasteiger partial charge on any atom is 0.302 e. The third kappa shape index (κ3) is 2.53. The molecule has 0 spiro atoms. The molecule has 4 aliphatic carbocycles. The summed E-state index contributed by atoms with van der Waals surface area (Å²) in [4.78, 5) is 23.5. The van der Waals surface area contributed by atoms with E-state index in [2.05, 4.69) is 26.0 Å². The molecule has 2 fully saturated rings. The Hall–Kier alpha value is -1.38. The number of hydrogen-bond acceptors (Lipinski definition) is 3. The van der Waals surface area contributed by atoms with Gasteiger partial charge in [-0.15, -0.1) is 0 Å². The van der Waals surface area contributed by atoms with Gasteiger partial charge in [-0.2, -0.15) is 0 Å². The van der Waals surface area contributed by atoms with Crippen molar-refractivity contribution in [1.29, 1.82) is 0 Å². The molecule has 0 aliphatic heterocycles. The van der Waals surface area contributed by atoms with Crippen LogP contribution < -0.4 is 0 Å². The van der Waals surface area contributed by atoms with Crippen LogP contribution in [0.1, 0.15) is 72.6 Å². The van der Waals surface area contributed by atoms with E-state index >= 15 is 0 Å². The molecule has 3 nitrogen and oxygen atoms in total. The van der Waals surface area contributed by atoms with Crippen molar-refractivity contribution in [2.24, 2.45) is 28.6 Å². The highest BCUT2D eigenvalue weighted by Gasteiger charge is 2.56. The van der Waals surface area contributed by atoms with Crippen LogP contribution in [-0.4, -0.2) is 17.9 Å². The van der Waals surface area contributed by atoms with Crippen LogP contribution in [0.3, 0.4) is 0 Å². The molecule has 142 valence electrons. The molecule has 0 N–H and O–H groups in total. The van der Waals surface area contributed by atoms with Crippen molar-refractivity contribution in [2.45, 2.75) is 78.7 Å². The molecule has 3 heteroatoms. The summed E-state index contributed by atoms with van der Waals surface area (Å²) >= 11 is 0. The van der Waals surface area contributed by atoms with E-state index in [1.165, 1.54) is 19.8 Å². The summed E-state index contributed by atoms with van der Waals surface area (Å²) in [6, 6.07) is 0. The van der Waals surface area contributed by atoms with Crippen LogP contribution in [0.5, 0.6) is 0 Å². The third-order valence-electron chi connectivity index (χ3n) is 8.27. The van der Waals surface area contributed by atoms with Crippen molar-refractivity contribution in [3.05, 3.63) is 23.3 Å². The largest absolute Gasteiger partial charge is 0.463 e. The lowest BCUT2D eigenvalue weighted by Gasteiger charge is -2.56. The summed E-state index contributed by atoms with van der Waals surface area (Å²) in [6.07, 6.45) is 12.5. The lowest BCUT2D eigenvalue weighted by Crippen LogP contribution is -2.48. The zero-order valence-corrected chi connectivity index (χ0v) is 16.6. The summed E-state index contributed by atoms with van der Waals surface area (Å²) < 4.78 is 5.54. The van der Waals surface area contributed by atoms with Crippen molar-refractivity contribution in [3.63, 3.8) is 0 Å². The Morgan fingerprint density at radius 1 is 1.08 bits per heavy atom. The van der Waals surface area contributed by atoms with E-state index in [1.807, 2.05) is 0 Å². The Bertz CT molecular complexity index is 702. The van der Waals surface area contributed by atoms with Crippen LogP contribution in [-0.2, 0) is 14.3 Å². The molecule has 0 heterocycles. The number of rotatable bonds is 2. The van der Waals surface area contributed by atoms with Gasteiger partial charge >= 0.3 is 5.97 Å². The maximum absolute atomic E-state index is 12.2. The van der Waals surface area contributed by atoms with Crippen LogP contribution in [0.25, 0.3) is 0 Å². The molecular formula is C23H32O3. The summed E-state index contributed by atoms with van der Waals surface area (Å²) in [5, 5.41) is 0.